The molecule has 4 rings (SSSR count). The van der Waals surface area contributed by atoms with Gasteiger partial charge < -0.3 is 25.4 Å². The molecule has 0 saturated carbocycles. The Balaban J connectivity index is 1.48. The molecule has 3 heterocycles. The third-order valence-corrected chi connectivity index (χ3v) is 7.80. The van der Waals surface area contributed by atoms with E-state index in [1.165, 1.54) is 12.3 Å². The number of nitrogens with zero attached hydrogens (tertiary/aromatic N) is 2. The molecule has 1 atom stereocenters. The number of halogens is 3. The van der Waals surface area contributed by atoms with E-state index in [1.54, 1.807) is 36.6 Å². The Kier molecular flexibility index (Phi) is 11.0. The van der Waals surface area contributed by atoms with Crippen LogP contribution >= 0.6 is 22.7 Å². The third kappa shape index (κ3) is 8.61. The van der Waals surface area contributed by atoms with E-state index in [1.807, 2.05) is 0 Å². The number of hydrogen-bond donors (Lipinski definition) is 4. The fourth-order valence-corrected chi connectivity index (χ4v) is 5.47. The first kappa shape index (κ1) is 32.6. The molecule has 0 bridgehead atoms. The molecule has 0 spiro atoms. The van der Waals surface area contributed by atoms with E-state index in [-0.39, 0.29) is 13.0 Å². The minimum absolute atomic E-state index is 0.0822. The summed E-state index contributed by atoms with van der Waals surface area (Å²) in [5, 5.41) is 15.5. The van der Waals surface area contributed by atoms with Crippen LogP contribution in [0.3, 0.4) is 0 Å². The Morgan fingerprint density at radius 1 is 1.09 bits per heavy atom. The molecule has 234 valence electrons. The molecular weight excluding hydrogens is 625 g/mol. The highest BCUT2D eigenvalue weighted by Gasteiger charge is 2.40. The lowest BCUT2D eigenvalue weighted by Gasteiger charge is -2.18. The number of thiazole rings is 1. The maximum Gasteiger partial charge on any atom is 0.435 e. The van der Waals surface area contributed by atoms with Gasteiger partial charge in [0.05, 0.1) is 29.6 Å². The second-order valence-corrected chi connectivity index (χ2v) is 11.0. The fourth-order valence-electron chi connectivity index (χ4n) is 3.92. The number of thiophene rings is 1. The Labute approximate surface area is 256 Å². The van der Waals surface area contributed by atoms with Gasteiger partial charge >= 0.3 is 12.1 Å². The van der Waals surface area contributed by atoms with E-state index in [0.717, 1.165) is 11.3 Å². The van der Waals surface area contributed by atoms with Gasteiger partial charge in [-0.3, -0.25) is 19.5 Å². The van der Waals surface area contributed by atoms with Gasteiger partial charge in [0.1, 0.15) is 10.9 Å². The number of benzene rings is 1. The van der Waals surface area contributed by atoms with Crippen molar-refractivity contribution < 1.29 is 41.8 Å². The van der Waals surface area contributed by atoms with Crippen molar-refractivity contribution in [2.45, 2.75) is 32.0 Å². The summed E-state index contributed by atoms with van der Waals surface area (Å²) in [7, 11) is 0. The second kappa shape index (κ2) is 14.9. The quantitative estimate of drug-likeness (QED) is 0.118. The molecule has 0 saturated heterocycles. The monoisotopic (exact) mass is 652 g/mol. The van der Waals surface area contributed by atoms with Gasteiger partial charge in [0.2, 0.25) is 5.91 Å². The molecule has 0 aliphatic heterocycles. The maximum atomic E-state index is 13.9. The maximum absolute atomic E-state index is 13.9. The van der Waals surface area contributed by atoms with Gasteiger partial charge in [0.15, 0.2) is 10.8 Å². The molecule has 4 N–H and O–H groups in total. The standard InChI is InChI=1S/C27H27F3N6O6S2/c1-2-41-9-5-10-42-25(40)18(14-31-23(38)19-8-4-11-43-19)33-24(39)21-22(27(28,29)30)35-26(44-21)34-20(37)12-15-6-3-7-17-16(15)13-32-36-17/h3-4,6-8,11,13,18H,2,5,9-10,12,14H2,1H3,(H,31,38)(H,32,36)(H,33,39)(H,34,35,37). The Morgan fingerprint density at radius 3 is 2.64 bits per heavy atom. The van der Waals surface area contributed by atoms with Gasteiger partial charge in [-0.25, -0.2) is 9.78 Å². The van der Waals surface area contributed by atoms with Crippen molar-refractivity contribution in [3.05, 3.63) is 62.9 Å². The number of H-pyrrole nitrogens is 1. The molecule has 4 aromatic rings. The zero-order valence-electron chi connectivity index (χ0n) is 23.2. The normalized spacial score (nSPS) is 12.1. The molecule has 3 amide bonds. The first-order valence-electron chi connectivity index (χ1n) is 13.2. The minimum Gasteiger partial charge on any atom is -0.464 e. The number of esters is 1. The number of hydrogen-bond acceptors (Lipinski definition) is 10. The topological polar surface area (TPSA) is 164 Å². The largest absolute Gasteiger partial charge is 0.464 e. The zero-order valence-corrected chi connectivity index (χ0v) is 24.8. The number of fused-ring (bicyclic) bond motifs is 1. The molecular formula is C27H27F3N6O6S2. The molecule has 44 heavy (non-hydrogen) atoms. The summed E-state index contributed by atoms with van der Waals surface area (Å²) in [4.78, 5) is 53.9. The van der Waals surface area contributed by atoms with Gasteiger partial charge in [-0.1, -0.05) is 29.5 Å². The summed E-state index contributed by atoms with van der Waals surface area (Å²) < 4.78 is 52.1. The number of carbonyl (C=O) groups is 4. The van der Waals surface area contributed by atoms with Crippen LogP contribution in [-0.2, 0) is 31.7 Å². The van der Waals surface area contributed by atoms with E-state index in [2.05, 4.69) is 31.1 Å². The summed E-state index contributed by atoms with van der Waals surface area (Å²) in [5.74, 6) is -3.48. The number of carbonyl (C=O) groups excluding carboxylic acids is 4. The van der Waals surface area contributed by atoms with Crippen molar-refractivity contribution in [1.29, 1.82) is 0 Å². The Hall–Kier alpha value is -4.35. The van der Waals surface area contributed by atoms with E-state index in [0.29, 0.717) is 52.3 Å². The molecule has 1 unspecified atom stereocenters. The van der Waals surface area contributed by atoms with E-state index < -0.39 is 58.2 Å². The minimum atomic E-state index is -5.06. The van der Waals surface area contributed by atoms with E-state index >= 15 is 0 Å². The lowest BCUT2D eigenvalue weighted by molar-refractivity contribution is -0.146. The van der Waals surface area contributed by atoms with Crippen LogP contribution in [0.25, 0.3) is 10.9 Å². The van der Waals surface area contributed by atoms with Crippen LogP contribution in [0.1, 0.15) is 43.9 Å². The van der Waals surface area contributed by atoms with Crippen LogP contribution in [0, 0.1) is 0 Å². The predicted octanol–water partition coefficient (Wildman–Crippen LogP) is 3.78. The molecule has 12 nitrogen and oxygen atoms in total. The van der Waals surface area contributed by atoms with Crippen LogP contribution in [0.4, 0.5) is 18.3 Å². The van der Waals surface area contributed by atoms with Crippen molar-refractivity contribution in [1.82, 2.24) is 25.8 Å². The molecule has 0 radical (unpaired) electrons. The third-order valence-electron chi connectivity index (χ3n) is 5.96. The highest BCUT2D eigenvalue weighted by atomic mass is 32.1. The first-order chi connectivity index (χ1) is 21.1. The average Bonchev–Trinajstić information content (AvgIpc) is 3.76. The molecule has 17 heteroatoms. The fraction of sp³-hybridized carbons (Fsp3) is 0.333. The molecule has 0 fully saturated rings. The first-order valence-corrected chi connectivity index (χ1v) is 14.9. The van der Waals surface area contributed by atoms with Gasteiger partial charge in [0, 0.05) is 31.6 Å². The number of ether oxygens (including phenoxy) is 2. The van der Waals surface area contributed by atoms with Crippen LogP contribution in [0.5, 0.6) is 0 Å². The van der Waals surface area contributed by atoms with E-state index in [4.69, 9.17) is 9.47 Å². The van der Waals surface area contributed by atoms with Crippen LogP contribution in [0.15, 0.2) is 41.9 Å². The number of anilines is 1. The van der Waals surface area contributed by atoms with Crippen LogP contribution in [-0.4, -0.2) is 71.3 Å². The van der Waals surface area contributed by atoms with Crippen molar-refractivity contribution in [2.75, 3.05) is 31.7 Å². The summed E-state index contributed by atoms with van der Waals surface area (Å²) >= 11 is 1.43. The predicted molar refractivity (Wildman–Crippen MR) is 156 cm³/mol. The van der Waals surface area contributed by atoms with Gasteiger partial charge in [-0.15, -0.1) is 11.3 Å². The van der Waals surface area contributed by atoms with Gasteiger partial charge in [-0.05, 0) is 30.0 Å². The van der Waals surface area contributed by atoms with Gasteiger partial charge in [0.25, 0.3) is 11.8 Å². The highest BCUT2D eigenvalue weighted by Crippen LogP contribution is 2.36. The summed E-state index contributed by atoms with van der Waals surface area (Å²) in [6.07, 6.45) is -3.39. The number of alkyl halides is 3. The number of rotatable bonds is 14. The molecule has 0 aliphatic rings. The summed E-state index contributed by atoms with van der Waals surface area (Å²) in [6.45, 7) is 2.01. The number of amides is 3. The Morgan fingerprint density at radius 2 is 1.91 bits per heavy atom. The lowest BCUT2D eigenvalue weighted by atomic mass is 10.1. The summed E-state index contributed by atoms with van der Waals surface area (Å²) in [5.41, 5.74) is -0.290. The number of aromatic amines is 1. The number of nitrogens with one attached hydrogen (secondary N) is 4. The second-order valence-electron chi connectivity index (χ2n) is 9.10. The molecule has 1 aromatic carbocycles. The zero-order chi connectivity index (χ0) is 31.7. The lowest BCUT2D eigenvalue weighted by Crippen LogP contribution is -2.49. The van der Waals surface area contributed by atoms with E-state index in [9.17, 15) is 32.3 Å². The van der Waals surface area contributed by atoms with Crippen LogP contribution < -0.4 is 16.0 Å². The number of aromatic nitrogens is 3. The van der Waals surface area contributed by atoms with Crippen molar-refractivity contribution in [3.63, 3.8) is 0 Å². The molecule has 0 aliphatic carbocycles. The highest BCUT2D eigenvalue weighted by molar-refractivity contribution is 7.17. The van der Waals surface area contributed by atoms with Crippen molar-refractivity contribution in [2.24, 2.45) is 0 Å². The van der Waals surface area contributed by atoms with Crippen LogP contribution in [0.2, 0.25) is 0 Å². The SMILES string of the molecule is CCOCCCOC(=O)C(CNC(=O)c1cccs1)NC(=O)c1sc(NC(=O)Cc2cccc3[nH]ncc23)nc1C(F)(F)F. The average molecular weight is 653 g/mol. The van der Waals surface area contributed by atoms with Crippen molar-refractivity contribution >= 4 is 62.4 Å². The van der Waals surface area contributed by atoms with Gasteiger partial charge in [-0.2, -0.15) is 18.3 Å². The Bertz CT molecular complexity index is 1600. The van der Waals surface area contributed by atoms with Crippen molar-refractivity contribution in [3.8, 4) is 0 Å². The summed E-state index contributed by atoms with van der Waals surface area (Å²) in [6, 6.07) is 6.77. The smallest absolute Gasteiger partial charge is 0.435 e. The molecule has 3 aromatic heterocycles.